The summed E-state index contributed by atoms with van der Waals surface area (Å²) in [7, 11) is 0. The molecule has 10 nitrogen and oxygen atoms in total. The van der Waals surface area contributed by atoms with Gasteiger partial charge in [0.15, 0.2) is 6.29 Å². The molecule has 0 aliphatic carbocycles. The number of aliphatic hydroxyl groups is 3. The van der Waals surface area contributed by atoms with E-state index in [1.54, 1.807) is 6.92 Å². The molecule has 7 atom stereocenters. The normalized spacial score (nSPS) is 29.1. The summed E-state index contributed by atoms with van der Waals surface area (Å²) < 4.78 is 10.4. The van der Waals surface area contributed by atoms with Crippen LogP contribution in [0.25, 0.3) is 0 Å². The highest BCUT2D eigenvalue weighted by molar-refractivity contribution is 5.80. The highest BCUT2D eigenvalue weighted by Gasteiger charge is 2.44. The van der Waals surface area contributed by atoms with Crippen LogP contribution in [0.1, 0.15) is 47.5 Å². The SMILES string of the molecule is CCC(CC(C)C(=O)OCC1OC(O)C(NC(C)=O)C(O)C1O)C(=O)NC(C)C. The summed E-state index contributed by atoms with van der Waals surface area (Å²) in [5, 5.41) is 35.3. The first kappa shape index (κ1) is 25.3. The van der Waals surface area contributed by atoms with Gasteiger partial charge in [0, 0.05) is 18.9 Å². The Morgan fingerprint density at radius 3 is 2.24 bits per heavy atom. The molecule has 1 heterocycles. The van der Waals surface area contributed by atoms with E-state index in [1.165, 1.54) is 6.92 Å². The second kappa shape index (κ2) is 11.4. The van der Waals surface area contributed by atoms with E-state index < -0.39 is 48.4 Å². The van der Waals surface area contributed by atoms with Gasteiger partial charge in [-0.25, -0.2) is 0 Å². The summed E-state index contributed by atoms with van der Waals surface area (Å²) in [6.45, 7) is 8.03. The number of ether oxygens (including phenoxy) is 2. The quantitative estimate of drug-likeness (QED) is 0.300. The fourth-order valence-electron chi connectivity index (χ4n) is 3.17. The summed E-state index contributed by atoms with van der Waals surface area (Å²) in [5.74, 6) is -2.11. The number of hydrogen-bond acceptors (Lipinski definition) is 8. The third-order valence-corrected chi connectivity index (χ3v) is 4.81. The summed E-state index contributed by atoms with van der Waals surface area (Å²) in [4.78, 5) is 35.6. The molecule has 29 heavy (non-hydrogen) atoms. The molecule has 2 amide bonds. The number of amides is 2. The van der Waals surface area contributed by atoms with Crippen LogP contribution < -0.4 is 10.6 Å². The molecular weight excluding hydrogens is 384 g/mol. The molecule has 1 saturated heterocycles. The highest BCUT2D eigenvalue weighted by Crippen LogP contribution is 2.22. The van der Waals surface area contributed by atoms with Gasteiger partial charge in [-0.3, -0.25) is 14.4 Å². The van der Waals surface area contributed by atoms with Crippen molar-refractivity contribution in [1.82, 2.24) is 10.6 Å². The first-order valence-electron chi connectivity index (χ1n) is 9.91. The third-order valence-electron chi connectivity index (χ3n) is 4.81. The van der Waals surface area contributed by atoms with Crippen molar-refractivity contribution in [2.24, 2.45) is 11.8 Å². The molecule has 168 valence electrons. The molecule has 0 aromatic heterocycles. The standard InChI is InChI=1S/C19H34N2O8/c1-6-12(17(25)20-9(2)3)7-10(4)18(26)28-8-13-15(23)16(24)14(19(27)29-13)21-11(5)22/h9-10,12-16,19,23-24,27H,6-8H2,1-5H3,(H,20,25)(H,21,22). The Hall–Kier alpha value is -1.75. The smallest absolute Gasteiger partial charge is 0.308 e. The monoisotopic (exact) mass is 418 g/mol. The maximum Gasteiger partial charge on any atom is 0.308 e. The lowest BCUT2D eigenvalue weighted by Crippen LogP contribution is -2.64. The lowest BCUT2D eigenvalue weighted by Gasteiger charge is -2.40. The van der Waals surface area contributed by atoms with Gasteiger partial charge in [0.2, 0.25) is 11.8 Å². The van der Waals surface area contributed by atoms with Crippen LogP contribution in [0.15, 0.2) is 0 Å². The van der Waals surface area contributed by atoms with Crippen LogP contribution in [0.3, 0.4) is 0 Å². The molecule has 1 aliphatic heterocycles. The Bertz CT molecular complexity index is 570. The zero-order valence-electron chi connectivity index (χ0n) is 17.6. The van der Waals surface area contributed by atoms with Crippen molar-refractivity contribution in [3.05, 3.63) is 0 Å². The van der Waals surface area contributed by atoms with E-state index >= 15 is 0 Å². The number of nitrogens with one attached hydrogen (secondary N) is 2. The fraction of sp³-hybridized carbons (Fsp3) is 0.842. The molecule has 0 saturated carbocycles. The van der Waals surface area contributed by atoms with Crippen LogP contribution in [0.2, 0.25) is 0 Å². The minimum Gasteiger partial charge on any atom is -0.463 e. The first-order chi connectivity index (χ1) is 13.5. The minimum absolute atomic E-state index is 0.00270. The molecule has 0 spiro atoms. The Balaban J connectivity index is 2.58. The molecule has 5 N–H and O–H groups in total. The zero-order valence-corrected chi connectivity index (χ0v) is 17.6. The second-order valence-electron chi connectivity index (χ2n) is 7.81. The maximum atomic E-state index is 12.3. The van der Waals surface area contributed by atoms with Gasteiger partial charge < -0.3 is 35.4 Å². The molecule has 0 aromatic rings. The molecule has 1 aliphatic rings. The average Bonchev–Trinajstić information content (AvgIpc) is 2.63. The number of rotatable bonds is 9. The molecule has 7 unspecified atom stereocenters. The molecule has 1 rings (SSSR count). The van der Waals surface area contributed by atoms with E-state index in [1.807, 2.05) is 20.8 Å². The van der Waals surface area contributed by atoms with Crippen molar-refractivity contribution in [3.63, 3.8) is 0 Å². The summed E-state index contributed by atoms with van der Waals surface area (Å²) in [6, 6.07) is -1.19. The van der Waals surface area contributed by atoms with Gasteiger partial charge in [-0.1, -0.05) is 13.8 Å². The van der Waals surface area contributed by atoms with Crippen molar-refractivity contribution in [3.8, 4) is 0 Å². The van der Waals surface area contributed by atoms with Crippen LogP contribution in [0.4, 0.5) is 0 Å². The lowest BCUT2D eigenvalue weighted by molar-refractivity contribution is -0.256. The largest absolute Gasteiger partial charge is 0.463 e. The van der Waals surface area contributed by atoms with E-state index in [2.05, 4.69) is 10.6 Å². The maximum absolute atomic E-state index is 12.3. The lowest BCUT2D eigenvalue weighted by atomic mass is 9.92. The zero-order chi connectivity index (χ0) is 22.3. The second-order valence-corrected chi connectivity index (χ2v) is 7.81. The number of aliphatic hydroxyl groups excluding tert-OH is 3. The van der Waals surface area contributed by atoms with Crippen molar-refractivity contribution >= 4 is 17.8 Å². The Morgan fingerprint density at radius 2 is 1.72 bits per heavy atom. The van der Waals surface area contributed by atoms with Crippen molar-refractivity contribution in [1.29, 1.82) is 0 Å². The molecule has 1 fully saturated rings. The molecular formula is C19H34N2O8. The van der Waals surface area contributed by atoms with Gasteiger partial charge in [0.25, 0.3) is 0 Å². The minimum atomic E-state index is -1.57. The molecule has 0 radical (unpaired) electrons. The molecule has 10 heteroatoms. The van der Waals surface area contributed by atoms with Gasteiger partial charge in [-0.15, -0.1) is 0 Å². The van der Waals surface area contributed by atoms with Crippen LogP contribution in [-0.4, -0.2) is 76.4 Å². The van der Waals surface area contributed by atoms with Crippen molar-refractivity contribution in [2.45, 2.75) is 84.1 Å². The van der Waals surface area contributed by atoms with E-state index in [4.69, 9.17) is 9.47 Å². The Labute approximate surface area is 170 Å². The first-order valence-corrected chi connectivity index (χ1v) is 9.91. The topological polar surface area (TPSA) is 154 Å². The van der Waals surface area contributed by atoms with E-state index in [-0.39, 0.29) is 24.5 Å². The van der Waals surface area contributed by atoms with Gasteiger partial charge in [-0.2, -0.15) is 0 Å². The van der Waals surface area contributed by atoms with Gasteiger partial charge >= 0.3 is 5.97 Å². The van der Waals surface area contributed by atoms with E-state index in [0.29, 0.717) is 12.8 Å². The Morgan fingerprint density at radius 1 is 1.10 bits per heavy atom. The number of carbonyl (C=O) groups is 3. The summed E-state index contributed by atoms with van der Waals surface area (Å²) >= 11 is 0. The average molecular weight is 418 g/mol. The fourth-order valence-corrected chi connectivity index (χ4v) is 3.17. The van der Waals surface area contributed by atoms with E-state index in [0.717, 1.165) is 0 Å². The van der Waals surface area contributed by atoms with Gasteiger partial charge in [-0.05, 0) is 26.7 Å². The third kappa shape index (κ3) is 7.54. The van der Waals surface area contributed by atoms with Crippen LogP contribution in [0, 0.1) is 11.8 Å². The number of carbonyl (C=O) groups excluding carboxylic acids is 3. The van der Waals surface area contributed by atoms with Crippen LogP contribution in [0.5, 0.6) is 0 Å². The number of hydrogen-bond donors (Lipinski definition) is 5. The summed E-state index contributed by atoms with van der Waals surface area (Å²) in [6.07, 6.45) is -4.82. The summed E-state index contributed by atoms with van der Waals surface area (Å²) in [5.41, 5.74) is 0. The molecule has 0 aromatic carbocycles. The van der Waals surface area contributed by atoms with Gasteiger partial charge in [0.05, 0.1) is 5.92 Å². The highest BCUT2D eigenvalue weighted by atomic mass is 16.6. The van der Waals surface area contributed by atoms with Gasteiger partial charge in [0.1, 0.15) is 31.0 Å². The van der Waals surface area contributed by atoms with Crippen LogP contribution in [-0.2, 0) is 23.9 Å². The van der Waals surface area contributed by atoms with Crippen LogP contribution >= 0.6 is 0 Å². The predicted molar refractivity (Wildman–Crippen MR) is 102 cm³/mol. The Kier molecular flexibility index (Phi) is 9.97. The number of esters is 1. The molecule has 0 bridgehead atoms. The van der Waals surface area contributed by atoms with Crippen molar-refractivity contribution in [2.75, 3.05) is 6.61 Å². The predicted octanol–water partition coefficient (Wildman–Crippen LogP) is -0.950. The van der Waals surface area contributed by atoms with E-state index in [9.17, 15) is 29.7 Å². The van der Waals surface area contributed by atoms with Crippen molar-refractivity contribution < 1.29 is 39.2 Å².